The van der Waals surface area contributed by atoms with Crippen LogP contribution in [0.3, 0.4) is 0 Å². The number of likely N-dealkylation sites (tertiary alicyclic amines) is 1. The molecule has 8 nitrogen and oxygen atoms in total. The van der Waals surface area contributed by atoms with Crippen molar-refractivity contribution < 1.29 is 0 Å². The summed E-state index contributed by atoms with van der Waals surface area (Å²) in [6.45, 7) is 4.35. The summed E-state index contributed by atoms with van der Waals surface area (Å²) in [6.07, 6.45) is 4.97. The van der Waals surface area contributed by atoms with Gasteiger partial charge in [-0.25, -0.2) is 14.6 Å². The fourth-order valence-corrected chi connectivity index (χ4v) is 4.23. The molecule has 3 aromatic rings. The minimum Gasteiger partial charge on any atom is -0.383 e. The number of nitrogens with zero attached hydrogens (tertiary/aromatic N) is 6. The first-order valence-corrected chi connectivity index (χ1v) is 10.2. The SMILES string of the molecule is Nc1nc(CN2CCCC(n3ncc(N4CCC4)cc3=O)C2)nc2ccccc12. The third-order valence-electron chi connectivity index (χ3n) is 5.90. The third kappa shape index (κ3) is 3.55. The van der Waals surface area contributed by atoms with Crippen LogP contribution in [0.15, 0.2) is 41.3 Å². The molecule has 29 heavy (non-hydrogen) atoms. The van der Waals surface area contributed by atoms with Crippen molar-refractivity contribution in [2.45, 2.75) is 31.8 Å². The lowest BCUT2D eigenvalue weighted by Crippen LogP contribution is -2.42. The molecule has 4 heterocycles. The number of nitrogens with two attached hydrogens (primary N) is 1. The summed E-state index contributed by atoms with van der Waals surface area (Å²) in [4.78, 5) is 26.3. The van der Waals surface area contributed by atoms with Gasteiger partial charge in [0.05, 0.1) is 30.0 Å². The summed E-state index contributed by atoms with van der Waals surface area (Å²) < 4.78 is 1.64. The van der Waals surface area contributed by atoms with E-state index in [0.29, 0.717) is 12.4 Å². The molecule has 0 spiro atoms. The molecule has 0 amide bonds. The normalized spacial score (nSPS) is 20.0. The molecule has 2 aliphatic heterocycles. The minimum atomic E-state index is -0.0209. The van der Waals surface area contributed by atoms with E-state index in [-0.39, 0.29) is 11.6 Å². The minimum absolute atomic E-state index is 0.0209. The summed E-state index contributed by atoms with van der Waals surface area (Å²) in [7, 11) is 0. The van der Waals surface area contributed by atoms with Gasteiger partial charge in [0.25, 0.3) is 5.56 Å². The van der Waals surface area contributed by atoms with Crippen LogP contribution in [0.5, 0.6) is 0 Å². The number of benzene rings is 1. The topological polar surface area (TPSA) is 93.2 Å². The first-order chi connectivity index (χ1) is 14.2. The molecule has 0 saturated carbocycles. The highest BCUT2D eigenvalue weighted by atomic mass is 16.1. The van der Waals surface area contributed by atoms with E-state index in [0.717, 1.165) is 61.4 Å². The smallest absolute Gasteiger partial charge is 0.269 e. The van der Waals surface area contributed by atoms with Gasteiger partial charge in [0.2, 0.25) is 0 Å². The summed E-state index contributed by atoms with van der Waals surface area (Å²) in [5, 5.41) is 5.37. The van der Waals surface area contributed by atoms with Crippen LogP contribution >= 0.6 is 0 Å². The lowest BCUT2D eigenvalue weighted by atomic mass is 10.1. The quantitative estimate of drug-likeness (QED) is 0.725. The maximum absolute atomic E-state index is 12.7. The van der Waals surface area contributed by atoms with Gasteiger partial charge in [-0.2, -0.15) is 5.10 Å². The number of hydrogen-bond acceptors (Lipinski definition) is 7. The number of aromatic nitrogens is 4. The molecule has 150 valence electrons. The molecule has 2 aromatic heterocycles. The van der Waals surface area contributed by atoms with Gasteiger partial charge in [-0.15, -0.1) is 0 Å². The highest BCUT2D eigenvalue weighted by Crippen LogP contribution is 2.23. The number of hydrogen-bond donors (Lipinski definition) is 1. The fourth-order valence-electron chi connectivity index (χ4n) is 4.23. The van der Waals surface area contributed by atoms with Crippen molar-refractivity contribution in [1.29, 1.82) is 0 Å². The molecular formula is C21H25N7O. The summed E-state index contributed by atoms with van der Waals surface area (Å²) in [6, 6.07) is 9.58. The van der Waals surface area contributed by atoms with Crippen LogP contribution in [0.2, 0.25) is 0 Å². The highest BCUT2D eigenvalue weighted by Gasteiger charge is 2.24. The Balaban J connectivity index is 1.33. The van der Waals surface area contributed by atoms with E-state index in [9.17, 15) is 4.79 Å². The second-order valence-corrected chi connectivity index (χ2v) is 7.91. The number of para-hydroxylation sites is 1. The van der Waals surface area contributed by atoms with Gasteiger partial charge in [0, 0.05) is 31.1 Å². The van der Waals surface area contributed by atoms with E-state index in [2.05, 4.69) is 24.9 Å². The van der Waals surface area contributed by atoms with Crippen LogP contribution in [0.4, 0.5) is 11.5 Å². The molecular weight excluding hydrogens is 366 g/mol. The van der Waals surface area contributed by atoms with E-state index < -0.39 is 0 Å². The van der Waals surface area contributed by atoms with E-state index >= 15 is 0 Å². The van der Waals surface area contributed by atoms with Crippen molar-refractivity contribution in [2.75, 3.05) is 36.8 Å². The maximum atomic E-state index is 12.7. The van der Waals surface area contributed by atoms with Gasteiger partial charge in [-0.05, 0) is 37.9 Å². The van der Waals surface area contributed by atoms with Crippen molar-refractivity contribution in [2.24, 2.45) is 0 Å². The number of anilines is 2. The zero-order valence-electron chi connectivity index (χ0n) is 16.4. The molecule has 0 radical (unpaired) electrons. The van der Waals surface area contributed by atoms with Crippen LogP contribution in [0.25, 0.3) is 10.9 Å². The molecule has 0 bridgehead atoms. The second kappa shape index (κ2) is 7.44. The molecule has 2 fully saturated rings. The van der Waals surface area contributed by atoms with Gasteiger partial charge in [0.15, 0.2) is 0 Å². The Morgan fingerprint density at radius 1 is 1.10 bits per heavy atom. The monoisotopic (exact) mass is 391 g/mol. The predicted molar refractivity (Wildman–Crippen MR) is 113 cm³/mol. The average molecular weight is 391 g/mol. The molecule has 2 N–H and O–H groups in total. The Hall–Kier alpha value is -3.00. The molecule has 1 atom stereocenters. The predicted octanol–water partition coefficient (Wildman–Crippen LogP) is 1.82. The third-order valence-corrected chi connectivity index (χ3v) is 5.90. The molecule has 1 aromatic carbocycles. The van der Waals surface area contributed by atoms with Gasteiger partial charge in [-0.3, -0.25) is 9.69 Å². The summed E-state index contributed by atoms with van der Waals surface area (Å²) in [5.74, 6) is 1.23. The lowest BCUT2D eigenvalue weighted by Gasteiger charge is -2.34. The fraction of sp³-hybridized carbons (Fsp3) is 0.429. The molecule has 2 aliphatic rings. The van der Waals surface area contributed by atoms with E-state index in [1.807, 2.05) is 30.5 Å². The van der Waals surface area contributed by atoms with Crippen molar-refractivity contribution in [3.8, 4) is 0 Å². The zero-order chi connectivity index (χ0) is 19.8. The Bertz CT molecular complexity index is 1090. The standard InChI is InChI=1S/C21H25N7O/c22-21-17-6-1-2-7-18(17)24-19(25-21)14-26-8-3-5-15(13-26)28-20(29)11-16(12-23-28)27-9-4-10-27/h1-2,6-7,11-12,15H,3-5,8-10,13-14H2,(H2,22,24,25). The van der Waals surface area contributed by atoms with Gasteiger partial charge >= 0.3 is 0 Å². The molecule has 2 saturated heterocycles. The van der Waals surface area contributed by atoms with E-state index in [1.165, 1.54) is 6.42 Å². The average Bonchev–Trinajstić information content (AvgIpc) is 2.67. The van der Waals surface area contributed by atoms with Crippen LogP contribution in [-0.2, 0) is 6.54 Å². The van der Waals surface area contributed by atoms with E-state index in [1.54, 1.807) is 10.7 Å². The summed E-state index contributed by atoms with van der Waals surface area (Å²) in [5.41, 5.74) is 7.90. The Morgan fingerprint density at radius 3 is 2.76 bits per heavy atom. The zero-order valence-corrected chi connectivity index (χ0v) is 16.4. The number of fused-ring (bicyclic) bond motifs is 1. The maximum Gasteiger partial charge on any atom is 0.269 e. The van der Waals surface area contributed by atoms with Gasteiger partial charge in [-0.1, -0.05) is 12.1 Å². The summed E-state index contributed by atoms with van der Waals surface area (Å²) >= 11 is 0. The van der Waals surface area contributed by atoms with Crippen LogP contribution in [0, 0.1) is 0 Å². The molecule has 5 rings (SSSR count). The largest absolute Gasteiger partial charge is 0.383 e. The number of piperidine rings is 1. The van der Waals surface area contributed by atoms with Crippen LogP contribution in [-0.4, -0.2) is 50.8 Å². The Morgan fingerprint density at radius 2 is 1.97 bits per heavy atom. The lowest BCUT2D eigenvalue weighted by molar-refractivity contribution is 0.157. The van der Waals surface area contributed by atoms with Crippen LogP contribution in [0.1, 0.15) is 31.1 Å². The van der Waals surface area contributed by atoms with Crippen molar-refractivity contribution >= 4 is 22.4 Å². The van der Waals surface area contributed by atoms with E-state index in [4.69, 9.17) is 5.73 Å². The van der Waals surface area contributed by atoms with Crippen molar-refractivity contribution in [3.05, 3.63) is 52.7 Å². The van der Waals surface area contributed by atoms with Gasteiger partial charge < -0.3 is 10.6 Å². The van der Waals surface area contributed by atoms with Crippen LogP contribution < -0.4 is 16.2 Å². The first-order valence-electron chi connectivity index (χ1n) is 10.2. The molecule has 8 heteroatoms. The Labute approximate surface area is 169 Å². The van der Waals surface area contributed by atoms with Crippen molar-refractivity contribution in [3.63, 3.8) is 0 Å². The molecule has 1 unspecified atom stereocenters. The number of nitrogen functional groups attached to an aromatic ring is 1. The highest BCUT2D eigenvalue weighted by molar-refractivity contribution is 5.87. The Kier molecular flexibility index (Phi) is 4.63. The first kappa shape index (κ1) is 18.1. The second-order valence-electron chi connectivity index (χ2n) is 7.91. The van der Waals surface area contributed by atoms with Crippen molar-refractivity contribution in [1.82, 2.24) is 24.6 Å². The number of rotatable bonds is 4. The van der Waals surface area contributed by atoms with Gasteiger partial charge in [0.1, 0.15) is 11.6 Å². The molecule has 0 aliphatic carbocycles.